The number of fused-ring (bicyclic) bond motifs is 1. The first kappa shape index (κ1) is 22.2. The minimum Gasteiger partial charge on any atom is -0.437 e. The van der Waals surface area contributed by atoms with Gasteiger partial charge in [0.05, 0.1) is 10.2 Å². The van der Waals surface area contributed by atoms with E-state index in [1.54, 1.807) is 23.7 Å². The molecule has 1 N–H and O–H groups in total. The Morgan fingerprint density at radius 2 is 1.85 bits per heavy atom. The zero-order valence-electron chi connectivity index (χ0n) is 18.8. The van der Waals surface area contributed by atoms with Crippen LogP contribution in [0.5, 0.6) is 11.6 Å². The highest BCUT2D eigenvalue weighted by Gasteiger charge is 2.27. The van der Waals surface area contributed by atoms with Crippen LogP contribution < -0.4 is 10.1 Å². The van der Waals surface area contributed by atoms with Crippen molar-refractivity contribution in [1.29, 1.82) is 0 Å². The second kappa shape index (κ2) is 10.1. The molecule has 0 radical (unpaired) electrons. The molecule has 0 saturated carbocycles. The normalized spacial score (nSPS) is 14.3. The van der Waals surface area contributed by atoms with Gasteiger partial charge in [0.15, 0.2) is 5.13 Å². The first-order chi connectivity index (χ1) is 16.7. The van der Waals surface area contributed by atoms with Crippen molar-refractivity contribution in [2.75, 3.05) is 32.1 Å². The number of nitrogens with one attached hydrogen (secondary N) is 1. The lowest BCUT2D eigenvalue weighted by atomic mass is 9.93. The van der Waals surface area contributed by atoms with Crippen LogP contribution in [0.3, 0.4) is 0 Å². The molecule has 1 aliphatic heterocycles. The summed E-state index contributed by atoms with van der Waals surface area (Å²) in [4.78, 5) is 27.5. The summed E-state index contributed by atoms with van der Waals surface area (Å²) in [6.45, 7) is 1.47. The number of methoxy groups -OCH3 is 1. The van der Waals surface area contributed by atoms with E-state index in [2.05, 4.69) is 26.3 Å². The van der Waals surface area contributed by atoms with Gasteiger partial charge in [-0.2, -0.15) is 0 Å². The first-order valence-electron chi connectivity index (χ1n) is 11.2. The monoisotopic (exact) mass is 475 g/mol. The fraction of sp³-hybridized carbons (Fsp3) is 0.280. The van der Waals surface area contributed by atoms with Crippen molar-refractivity contribution >= 4 is 38.3 Å². The van der Waals surface area contributed by atoms with E-state index < -0.39 is 0 Å². The fourth-order valence-corrected chi connectivity index (χ4v) is 4.96. The molecule has 3 heterocycles. The molecule has 0 aliphatic carbocycles. The summed E-state index contributed by atoms with van der Waals surface area (Å²) < 4.78 is 12.2. The lowest BCUT2D eigenvalue weighted by Gasteiger charge is -2.31. The SMILES string of the molecule is COCC(=O)N1CCC(c2nccnc2Oc2ccc(Nc3nc4ccccc4s3)cc2)CC1. The molecule has 0 unspecified atom stereocenters. The van der Waals surface area contributed by atoms with Crippen LogP contribution in [0.2, 0.25) is 0 Å². The van der Waals surface area contributed by atoms with Crippen LogP contribution in [0.1, 0.15) is 24.5 Å². The minimum absolute atomic E-state index is 0.0242. The standard InChI is InChI=1S/C25H25N5O3S/c1-32-16-22(31)30-14-10-17(11-15-30)23-24(27-13-12-26-23)33-19-8-6-18(7-9-19)28-25-29-20-4-2-3-5-21(20)34-25/h2-9,12-13,17H,10-11,14-16H2,1H3,(H,28,29). The number of likely N-dealkylation sites (tertiary alicyclic amines) is 1. The summed E-state index contributed by atoms with van der Waals surface area (Å²) in [5.41, 5.74) is 2.75. The topological polar surface area (TPSA) is 89.5 Å². The smallest absolute Gasteiger partial charge is 0.248 e. The van der Waals surface area contributed by atoms with Gasteiger partial charge in [0.25, 0.3) is 0 Å². The van der Waals surface area contributed by atoms with Gasteiger partial charge in [0, 0.05) is 44.2 Å². The maximum absolute atomic E-state index is 12.1. The second-order valence-corrected chi connectivity index (χ2v) is 9.10. The largest absolute Gasteiger partial charge is 0.437 e. The van der Waals surface area contributed by atoms with Crippen LogP contribution in [-0.2, 0) is 9.53 Å². The molecule has 5 rings (SSSR count). The molecule has 8 nitrogen and oxygen atoms in total. The summed E-state index contributed by atoms with van der Waals surface area (Å²) in [6.07, 6.45) is 4.96. The number of thiazole rings is 1. The highest BCUT2D eigenvalue weighted by atomic mass is 32.1. The Bertz CT molecular complexity index is 1240. The molecule has 0 spiro atoms. The highest BCUT2D eigenvalue weighted by Crippen LogP contribution is 2.34. The number of amides is 1. The molecule has 4 aromatic rings. The number of para-hydroxylation sites is 1. The van der Waals surface area contributed by atoms with Gasteiger partial charge in [-0.25, -0.2) is 9.97 Å². The number of ether oxygens (including phenoxy) is 2. The molecule has 2 aromatic carbocycles. The van der Waals surface area contributed by atoms with Gasteiger partial charge in [0.2, 0.25) is 11.8 Å². The summed E-state index contributed by atoms with van der Waals surface area (Å²) >= 11 is 1.62. The molecule has 174 valence electrons. The van der Waals surface area contributed by atoms with Gasteiger partial charge < -0.3 is 19.7 Å². The van der Waals surface area contributed by atoms with Crippen LogP contribution in [0.25, 0.3) is 10.2 Å². The van der Waals surface area contributed by atoms with E-state index in [-0.39, 0.29) is 18.4 Å². The quantitative estimate of drug-likeness (QED) is 0.403. The average molecular weight is 476 g/mol. The minimum atomic E-state index is 0.0242. The number of anilines is 2. The molecule has 0 atom stereocenters. The summed E-state index contributed by atoms with van der Waals surface area (Å²) in [6, 6.07) is 15.8. The lowest BCUT2D eigenvalue weighted by molar-refractivity contribution is -0.136. The van der Waals surface area contributed by atoms with Crippen LogP contribution in [0.4, 0.5) is 10.8 Å². The number of carbonyl (C=O) groups is 1. The van der Waals surface area contributed by atoms with E-state index in [4.69, 9.17) is 9.47 Å². The molecule has 1 fully saturated rings. The van der Waals surface area contributed by atoms with Gasteiger partial charge >= 0.3 is 0 Å². The van der Waals surface area contributed by atoms with E-state index in [0.717, 1.165) is 39.6 Å². The van der Waals surface area contributed by atoms with Crippen LogP contribution in [-0.4, -0.2) is 52.6 Å². The predicted octanol–water partition coefficient (Wildman–Crippen LogP) is 4.97. The molecule has 9 heteroatoms. The van der Waals surface area contributed by atoms with Crippen molar-refractivity contribution in [2.45, 2.75) is 18.8 Å². The van der Waals surface area contributed by atoms with Gasteiger partial charge in [-0.05, 0) is 49.2 Å². The number of piperidine rings is 1. The number of aromatic nitrogens is 3. The number of hydrogen-bond acceptors (Lipinski definition) is 8. The van der Waals surface area contributed by atoms with E-state index >= 15 is 0 Å². The number of benzene rings is 2. The molecule has 1 aliphatic rings. The molecule has 34 heavy (non-hydrogen) atoms. The van der Waals surface area contributed by atoms with E-state index in [1.807, 2.05) is 47.4 Å². The third-order valence-corrected chi connectivity index (χ3v) is 6.76. The van der Waals surface area contributed by atoms with Crippen molar-refractivity contribution in [1.82, 2.24) is 19.9 Å². The van der Waals surface area contributed by atoms with Crippen molar-refractivity contribution in [3.8, 4) is 11.6 Å². The predicted molar refractivity (Wildman–Crippen MR) is 132 cm³/mol. The van der Waals surface area contributed by atoms with Crippen molar-refractivity contribution in [3.63, 3.8) is 0 Å². The maximum atomic E-state index is 12.1. The molecule has 1 saturated heterocycles. The van der Waals surface area contributed by atoms with Gasteiger partial charge in [0.1, 0.15) is 18.1 Å². The van der Waals surface area contributed by atoms with E-state index in [9.17, 15) is 4.79 Å². The number of carbonyl (C=O) groups excluding carboxylic acids is 1. The Labute approximate surface area is 201 Å². The third-order valence-electron chi connectivity index (χ3n) is 5.81. The van der Waals surface area contributed by atoms with Crippen LogP contribution in [0.15, 0.2) is 60.9 Å². The van der Waals surface area contributed by atoms with Crippen LogP contribution in [0, 0.1) is 0 Å². The summed E-state index contributed by atoms with van der Waals surface area (Å²) in [5.74, 6) is 1.41. The lowest BCUT2D eigenvalue weighted by Crippen LogP contribution is -2.39. The molecule has 0 bridgehead atoms. The Morgan fingerprint density at radius 1 is 1.09 bits per heavy atom. The molecular weight excluding hydrogens is 450 g/mol. The summed E-state index contributed by atoms with van der Waals surface area (Å²) in [5, 5.41) is 4.20. The second-order valence-electron chi connectivity index (χ2n) is 8.07. The number of nitrogens with zero attached hydrogens (tertiary/aromatic N) is 4. The Hall–Kier alpha value is -3.56. The summed E-state index contributed by atoms with van der Waals surface area (Å²) in [7, 11) is 1.54. The number of hydrogen-bond donors (Lipinski definition) is 1. The maximum Gasteiger partial charge on any atom is 0.248 e. The zero-order valence-corrected chi connectivity index (χ0v) is 19.6. The van der Waals surface area contributed by atoms with Crippen LogP contribution >= 0.6 is 11.3 Å². The average Bonchev–Trinajstić information content (AvgIpc) is 3.28. The third kappa shape index (κ3) is 5.00. The number of rotatable bonds is 7. The molecule has 1 amide bonds. The van der Waals surface area contributed by atoms with Crippen molar-refractivity contribution < 1.29 is 14.3 Å². The van der Waals surface area contributed by atoms with E-state index in [0.29, 0.717) is 24.7 Å². The van der Waals surface area contributed by atoms with Crippen molar-refractivity contribution in [2.24, 2.45) is 0 Å². The van der Waals surface area contributed by atoms with Gasteiger partial charge in [-0.3, -0.25) is 9.78 Å². The van der Waals surface area contributed by atoms with Gasteiger partial charge in [-0.1, -0.05) is 23.5 Å². The molecular formula is C25H25N5O3S. The Balaban J connectivity index is 1.24. The zero-order chi connectivity index (χ0) is 23.3. The highest BCUT2D eigenvalue weighted by molar-refractivity contribution is 7.22. The molecule has 2 aromatic heterocycles. The van der Waals surface area contributed by atoms with Crippen molar-refractivity contribution in [3.05, 3.63) is 66.6 Å². The first-order valence-corrected chi connectivity index (χ1v) is 12.0. The Kier molecular flexibility index (Phi) is 6.64. The fourth-order valence-electron chi connectivity index (χ4n) is 4.08. The Morgan fingerprint density at radius 3 is 2.62 bits per heavy atom. The van der Waals surface area contributed by atoms with E-state index in [1.165, 1.54) is 7.11 Å². The van der Waals surface area contributed by atoms with Gasteiger partial charge in [-0.15, -0.1) is 0 Å².